The Balaban J connectivity index is 1.88. The quantitative estimate of drug-likeness (QED) is 0.700. The van der Waals surface area contributed by atoms with Gasteiger partial charge in [-0.2, -0.15) is 0 Å². The summed E-state index contributed by atoms with van der Waals surface area (Å²) in [5.74, 6) is -1.55. The molecule has 0 amide bonds. The summed E-state index contributed by atoms with van der Waals surface area (Å²) < 4.78 is 26.3. The van der Waals surface area contributed by atoms with Crippen LogP contribution in [0.5, 0.6) is 0 Å². The summed E-state index contributed by atoms with van der Waals surface area (Å²) in [6, 6.07) is 4.49. The van der Waals surface area contributed by atoms with Crippen LogP contribution in [0, 0.1) is 11.6 Å². The normalized spacial score (nSPS) is 19.5. The lowest BCUT2D eigenvalue weighted by atomic mass is 9.98. The van der Waals surface area contributed by atoms with E-state index in [-0.39, 0.29) is 0 Å². The zero-order valence-corrected chi connectivity index (χ0v) is 12.8. The van der Waals surface area contributed by atoms with E-state index >= 15 is 0 Å². The molecule has 1 aliphatic carbocycles. The zero-order valence-electron chi connectivity index (χ0n) is 12.8. The Bertz CT molecular complexity index is 408. The molecule has 118 valence electrons. The number of halogens is 2. The van der Waals surface area contributed by atoms with E-state index in [0.29, 0.717) is 11.7 Å². The van der Waals surface area contributed by atoms with Crippen LogP contribution >= 0.6 is 0 Å². The van der Waals surface area contributed by atoms with Crippen molar-refractivity contribution in [3.05, 3.63) is 29.8 Å². The first kappa shape index (κ1) is 16.3. The predicted molar refractivity (Wildman–Crippen MR) is 84.6 cm³/mol. The van der Waals surface area contributed by atoms with Crippen molar-refractivity contribution in [1.82, 2.24) is 0 Å². The van der Waals surface area contributed by atoms with Gasteiger partial charge in [-0.25, -0.2) is 8.78 Å². The van der Waals surface area contributed by atoms with Gasteiger partial charge in [-0.1, -0.05) is 57.8 Å². The summed E-state index contributed by atoms with van der Waals surface area (Å²) in [5, 5.41) is 3.39. The molecule has 1 saturated carbocycles. The van der Waals surface area contributed by atoms with E-state index in [9.17, 15) is 8.78 Å². The first-order chi connectivity index (χ1) is 10.3. The largest absolute Gasteiger partial charge is 0.382 e. The fourth-order valence-electron chi connectivity index (χ4n) is 3.13. The smallest absolute Gasteiger partial charge is 0.160 e. The van der Waals surface area contributed by atoms with Crippen molar-refractivity contribution in [2.45, 2.75) is 76.7 Å². The van der Waals surface area contributed by atoms with Crippen LogP contribution in [-0.2, 0) is 0 Å². The molecule has 0 spiro atoms. The summed E-state index contributed by atoms with van der Waals surface area (Å²) >= 11 is 0. The summed E-state index contributed by atoms with van der Waals surface area (Å²) in [6.45, 7) is 0. The van der Waals surface area contributed by atoms with Crippen molar-refractivity contribution >= 4 is 5.69 Å². The van der Waals surface area contributed by atoms with Crippen molar-refractivity contribution in [3.8, 4) is 0 Å². The van der Waals surface area contributed by atoms with Gasteiger partial charge >= 0.3 is 0 Å². The average molecular weight is 295 g/mol. The number of hydrogen-bond acceptors (Lipinski definition) is 1. The minimum atomic E-state index is -0.778. The molecule has 1 nitrogen and oxygen atoms in total. The van der Waals surface area contributed by atoms with Crippen LogP contribution in [0.3, 0.4) is 0 Å². The second-order valence-electron chi connectivity index (χ2n) is 6.23. The summed E-state index contributed by atoms with van der Waals surface area (Å²) in [4.78, 5) is 0. The van der Waals surface area contributed by atoms with Crippen LogP contribution in [0.1, 0.15) is 70.6 Å². The molecule has 21 heavy (non-hydrogen) atoms. The molecule has 0 bridgehead atoms. The number of anilines is 1. The predicted octanol–water partition coefficient (Wildman–Crippen LogP) is 6.05. The van der Waals surface area contributed by atoms with Crippen molar-refractivity contribution in [3.63, 3.8) is 0 Å². The first-order valence-corrected chi connectivity index (χ1v) is 8.47. The second-order valence-corrected chi connectivity index (χ2v) is 6.23. The molecule has 1 aliphatic rings. The molecule has 0 saturated heterocycles. The van der Waals surface area contributed by atoms with Crippen LogP contribution in [-0.4, -0.2) is 6.04 Å². The number of rotatable bonds is 2. The van der Waals surface area contributed by atoms with E-state index in [1.165, 1.54) is 69.9 Å². The van der Waals surface area contributed by atoms with Crippen LogP contribution in [0.25, 0.3) is 0 Å². The average Bonchev–Trinajstić information content (AvgIpc) is 2.46. The fraction of sp³-hybridized carbons (Fsp3) is 0.667. The molecule has 0 atom stereocenters. The first-order valence-electron chi connectivity index (χ1n) is 8.47. The Morgan fingerprint density at radius 1 is 0.714 bits per heavy atom. The monoisotopic (exact) mass is 295 g/mol. The topological polar surface area (TPSA) is 12.0 Å². The Labute approximate surface area is 127 Å². The molecule has 0 unspecified atom stereocenters. The van der Waals surface area contributed by atoms with Crippen molar-refractivity contribution in [2.24, 2.45) is 0 Å². The molecule has 1 aromatic rings. The third-order valence-corrected chi connectivity index (χ3v) is 4.40. The maximum atomic E-state index is 13.3. The van der Waals surface area contributed by atoms with Gasteiger partial charge in [0.1, 0.15) is 0 Å². The molecular weight excluding hydrogens is 268 g/mol. The van der Waals surface area contributed by atoms with E-state index in [0.717, 1.165) is 12.8 Å². The van der Waals surface area contributed by atoms with Crippen LogP contribution in [0.15, 0.2) is 18.2 Å². The molecule has 1 N–H and O–H groups in total. The highest BCUT2D eigenvalue weighted by atomic mass is 19.2. The lowest BCUT2D eigenvalue weighted by molar-refractivity contribution is 0.479. The van der Waals surface area contributed by atoms with Crippen LogP contribution < -0.4 is 5.32 Å². The molecule has 1 aromatic carbocycles. The molecule has 0 radical (unpaired) electrons. The zero-order chi connectivity index (χ0) is 14.9. The van der Waals surface area contributed by atoms with E-state index in [1.807, 2.05) is 0 Å². The molecule has 0 aromatic heterocycles. The van der Waals surface area contributed by atoms with Gasteiger partial charge < -0.3 is 5.32 Å². The van der Waals surface area contributed by atoms with Crippen LogP contribution in [0.2, 0.25) is 0 Å². The van der Waals surface area contributed by atoms with Gasteiger partial charge in [0.15, 0.2) is 11.6 Å². The number of hydrogen-bond donors (Lipinski definition) is 1. The van der Waals surface area contributed by atoms with Gasteiger partial charge in [-0.3, -0.25) is 0 Å². The van der Waals surface area contributed by atoms with Crippen LogP contribution in [0.4, 0.5) is 14.5 Å². The third kappa shape index (κ3) is 6.03. The van der Waals surface area contributed by atoms with E-state index in [1.54, 1.807) is 6.07 Å². The Hall–Kier alpha value is -1.12. The number of nitrogens with one attached hydrogen (secondary N) is 1. The van der Waals surface area contributed by atoms with Crippen molar-refractivity contribution < 1.29 is 8.78 Å². The van der Waals surface area contributed by atoms with Gasteiger partial charge in [0.25, 0.3) is 0 Å². The Morgan fingerprint density at radius 3 is 1.76 bits per heavy atom. The summed E-state index contributed by atoms with van der Waals surface area (Å²) in [5.41, 5.74) is 0.700. The second kappa shape index (κ2) is 9.01. The standard InChI is InChI=1S/C18H27F2N/c19-17-13-12-16(14-18(17)20)21-15-10-8-6-4-2-1-3-5-7-9-11-15/h12-15,21H,1-11H2. The van der Waals surface area contributed by atoms with E-state index in [2.05, 4.69) is 5.32 Å². The van der Waals surface area contributed by atoms with E-state index in [4.69, 9.17) is 0 Å². The highest BCUT2D eigenvalue weighted by molar-refractivity contribution is 5.44. The number of benzene rings is 1. The molecule has 3 heteroatoms. The van der Waals surface area contributed by atoms with Gasteiger partial charge in [0.2, 0.25) is 0 Å². The van der Waals surface area contributed by atoms with Crippen molar-refractivity contribution in [1.29, 1.82) is 0 Å². The third-order valence-electron chi connectivity index (χ3n) is 4.40. The maximum Gasteiger partial charge on any atom is 0.160 e. The Kier molecular flexibility index (Phi) is 6.98. The van der Waals surface area contributed by atoms with Gasteiger partial charge in [-0.05, 0) is 25.0 Å². The highest BCUT2D eigenvalue weighted by Crippen LogP contribution is 2.21. The summed E-state index contributed by atoms with van der Waals surface area (Å²) in [7, 11) is 0. The summed E-state index contributed by atoms with van der Waals surface area (Å²) in [6.07, 6.45) is 14.0. The molecule has 0 aliphatic heterocycles. The maximum absolute atomic E-state index is 13.3. The van der Waals surface area contributed by atoms with E-state index < -0.39 is 11.6 Å². The lowest BCUT2D eigenvalue weighted by Gasteiger charge is -2.21. The van der Waals surface area contributed by atoms with Gasteiger partial charge in [-0.15, -0.1) is 0 Å². The van der Waals surface area contributed by atoms with Gasteiger partial charge in [0, 0.05) is 17.8 Å². The lowest BCUT2D eigenvalue weighted by Crippen LogP contribution is -2.19. The van der Waals surface area contributed by atoms with Gasteiger partial charge in [0.05, 0.1) is 0 Å². The molecule has 1 fully saturated rings. The molecule has 0 heterocycles. The minimum Gasteiger partial charge on any atom is -0.382 e. The molecule has 2 rings (SSSR count). The SMILES string of the molecule is Fc1ccc(NC2CCCCCCCCCCC2)cc1F. The highest BCUT2D eigenvalue weighted by Gasteiger charge is 2.11. The Morgan fingerprint density at radius 2 is 1.24 bits per heavy atom. The molecular formula is C18H27F2N. The van der Waals surface area contributed by atoms with Crippen molar-refractivity contribution in [2.75, 3.05) is 5.32 Å². The minimum absolute atomic E-state index is 0.384. The fourth-order valence-corrected chi connectivity index (χ4v) is 3.13.